The molecule has 4 rings (SSSR count). The Kier molecular flexibility index (Phi) is 4.35. The summed E-state index contributed by atoms with van der Waals surface area (Å²) < 4.78 is 15.5. The summed E-state index contributed by atoms with van der Waals surface area (Å²) in [6.07, 6.45) is 7.52. The number of fused-ring (bicyclic) bond motifs is 2. The Morgan fingerprint density at radius 2 is 2.19 bits per heavy atom. The molecule has 1 aliphatic rings. The van der Waals surface area contributed by atoms with Crippen LogP contribution in [-0.4, -0.2) is 42.8 Å². The molecule has 7 nitrogen and oxygen atoms in total. The standard InChI is InChI=1S/C19H22FN7/c1-12-8-13(15-5-7-27-17(25-15)4-6-24-27)14-9-22-18(23-11-19(2,3)20)26-16(14)10-21-12/h4-9,12,21H,10-11H2,1-3H3,(H,22,23,26)/t12-/m1/s1. The van der Waals surface area contributed by atoms with Crippen molar-refractivity contribution in [2.75, 3.05) is 11.9 Å². The summed E-state index contributed by atoms with van der Waals surface area (Å²) in [7, 11) is 0. The molecule has 0 unspecified atom stereocenters. The summed E-state index contributed by atoms with van der Waals surface area (Å²) in [6.45, 7) is 5.87. The molecule has 3 aromatic heterocycles. The van der Waals surface area contributed by atoms with Gasteiger partial charge in [-0.1, -0.05) is 6.08 Å². The van der Waals surface area contributed by atoms with Crippen molar-refractivity contribution >= 4 is 17.2 Å². The first-order valence-corrected chi connectivity index (χ1v) is 8.94. The van der Waals surface area contributed by atoms with Gasteiger partial charge in [-0.25, -0.2) is 23.9 Å². The quantitative estimate of drug-likeness (QED) is 0.738. The monoisotopic (exact) mass is 367 g/mol. The van der Waals surface area contributed by atoms with Crippen molar-refractivity contribution in [3.63, 3.8) is 0 Å². The highest BCUT2D eigenvalue weighted by Gasteiger charge is 2.21. The first-order valence-electron chi connectivity index (χ1n) is 8.94. The Balaban J connectivity index is 1.72. The number of anilines is 1. The SMILES string of the molecule is C[C@@H]1C=C(c2ccn3nccc3n2)c2cnc(NCC(C)(C)F)nc2CN1. The van der Waals surface area contributed by atoms with E-state index in [0.29, 0.717) is 12.5 Å². The number of alkyl halides is 1. The predicted octanol–water partition coefficient (Wildman–Crippen LogP) is 2.60. The van der Waals surface area contributed by atoms with E-state index >= 15 is 0 Å². The van der Waals surface area contributed by atoms with E-state index in [1.807, 2.05) is 18.3 Å². The molecule has 140 valence electrons. The lowest BCUT2D eigenvalue weighted by molar-refractivity contribution is 0.234. The Morgan fingerprint density at radius 1 is 1.33 bits per heavy atom. The van der Waals surface area contributed by atoms with Crippen LogP contribution in [0, 0.1) is 0 Å². The molecule has 0 aromatic carbocycles. The zero-order chi connectivity index (χ0) is 19.0. The summed E-state index contributed by atoms with van der Waals surface area (Å²) in [4.78, 5) is 13.7. The summed E-state index contributed by atoms with van der Waals surface area (Å²) in [5.41, 5.74) is 3.04. The molecule has 1 aliphatic heterocycles. The van der Waals surface area contributed by atoms with Crippen molar-refractivity contribution < 1.29 is 4.39 Å². The predicted molar refractivity (Wildman–Crippen MR) is 102 cm³/mol. The van der Waals surface area contributed by atoms with Crippen molar-refractivity contribution in [2.24, 2.45) is 0 Å². The molecule has 0 spiro atoms. The molecule has 1 atom stereocenters. The van der Waals surface area contributed by atoms with Crippen LogP contribution in [0.3, 0.4) is 0 Å². The highest BCUT2D eigenvalue weighted by atomic mass is 19.1. The van der Waals surface area contributed by atoms with E-state index in [1.54, 1.807) is 16.9 Å². The Morgan fingerprint density at radius 3 is 3.00 bits per heavy atom. The smallest absolute Gasteiger partial charge is 0.223 e. The van der Waals surface area contributed by atoms with Crippen LogP contribution in [0.15, 0.2) is 36.8 Å². The van der Waals surface area contributed by atoms with Gasteiger partial charge < -0.3 is 10.6 Å². The molecule has 0 saturated heterocycles. The Hall–Kier alpha value is -2.87. The van der Waals surface area contributed by atoms with E-state index in [2.05, 4.69) is 38.7 Å². The van der Waals surface area contributed by atoms with Crippen molar-refractivity contribution in [3.05, 3.63) is 53.8 Å². The van der Waals surface area contributed by atoms with Crippen LogP contribution >= 0.6 is 0 Å². The summed E-state index contributed by atoms with van der Waals surface area (Å²) in [5.74, 6) is 0.425. The van der Waals surface area contributed by atoms with Crippen LogP contribution in [0.25, 0.3) is 11.2 Å². The van der Waals surface area contributed by atoms with Crippen LogP contribution in [0.1, 0.15) is 37.7 Å². The fourth-order valence-electron chi connectivity index (χ4n) is 2.99. The van der Waals surface area contributed by atoms with Crippen LogP contribution in [-0.2, 0) is 6.54 Å². The van der Waals surface area contributed by atoms with Crippen molar-refractivity contribution in [1.29, 1.82) is 0 Å². The van der Waals surface area contributed by atoms with Crippen LogP contribution in [0.4, 0.5) is 10.3 Å². The lowest BCUT2D eigenvalue weighted by Crippen LogP contribution is -2.26. The van der Waals surface area contributed by atoms with Crippen molar-refractivity contribution in [2.45, 2.75) is 39.0 Å². The van der Waals surface area contributed by atoms with Gasteiger partial charge >= 0.3 is 0 Å². The van der Waals surface area contributed by atoms with Gasteiger partial charge in [-0.15, -0.1) is 0 Å². The van der Waals surface area contributed by atoms with E-state index in [9.17, 15) is 4.39 Å². The first kappa shape index (κ1) is 17.5. The van der Waals surface area contributed by atoms with Gasteiger partial charge in [0.05, 0.1) is 24.1 Å². The average molecular weight is 367 g/mol. The first-order chi connectivity index (χ1) is 12.9. The molecule has 0 amide bonds. The van der Waals surface area contributed by atoms with E-state index in [0.717, 1.165) is 28.2 Å². The molecule has 0 saturated carbocycles. The maximum atomic E-state index is 13.8. The normalized spacial score (nSPS) is 17.3. The maximum absolute atomic E-state index is 13.8. The maximum Gasteiger partial charge on any atom is 0.223 e. The Bertz CT molecular complexity index is 1000. The van der Waals surface area contributed by atoms with Crippen molar-refractivity contribution in [3.8, 4) is 0 Å². The van der Waals surface area contributed by atoms with Crippen LogP contribution < -0.4 is 10.6 Å². The molecule has 2 N–H and O–H groups in total. The number of nitrogens with one attached hydrogen (secondary N) is 2. The van der Waals surface area contributed by atoms with E-state index < -0.39 is 5.67 Å². The second kappa shape index (κ2) is 6.70. The fourth-order valence-corrected chi connectivity index (χ4v) is 2.99. The average Bonchev–Trinajstić information content (AvgIpc) is 3.03. The van der Waals surface area contributed by atoms with Gasteiger partial charge in [0.1, 0.15) is 5.67 Å². The second-order valence-electron chi connectivity index (χ2n) is 7.32. The van der Waals surface area contributed by atoms with E-state index in [-0.39, 0.29) is 12.6 Å². The summed E-state index contributed by atoms with van der Waals surface area (Å²) in [5, 5.41) is 10.6. The fraction of sp³-hybridized carbons (Fsp3) is 0.368. The molecule has 0 radical (unpaired) electrons. The van der Waals surface area contributed by atoms with Gasteiger partial charge in [-0.05, 0) is 26.8 Å². The molecule has 3 aromatic rings. The topological polar surface area (TPSA) is 80.0 Å². The Labute approximate surface area is 156 Å². The van der Waals surface area contributed by atoms with Crippen LogP contribution in [0.5, 0.6) is 0 Å². The third-order valence-electron chi connectivity index (χ3n) is 4.37. The van der Waals surface area contributed by atoms with Gasteiger partial charge in [-0.3, -0.25) is 0 Å². The number of hydrogen-bond acceptors (Lipinski definition) is 6. The molecular weight excluding hydrogens is 345 g/mol. The zero-order valence-corrected chi connectivity index (χ0v) is 15.6. The number of halogens is 1. The van der Waals surface area contributed by atoms with E-state index in [4.69, 9.17) is 4.98 Å². The number of hydrogen-bond donors (Lipinski definition) is 2. The molecule has 8 heteroatoms. The van der Waals surface area contributed by atoms with Gasteiger partial charge in [0.15, 0.2) is 5.65 Å². The molecule has 4 heterocycles. The zero-order valence-electron chi connectivity index (χ0n) is 15.6. The third kappa shape index (κ3) is 3.80. The van der Waals surface area contributed by atoms with Gasteiger partial charge in [-0.2, -0.15) is 5.10 Å². The minimum Gasteiger partial charge on any atom is -0.351 e. The highest BCUT2D eigenvalue weighted by Crippen LogP contribution is 2.27. The number of nitrogens with zero attached hydrogens (tertiary/aromatic N) is 5. The second-order valence-corrected chi connectivity index (χ2v) is 7.32. The molecular formula is C19H22FN7. The summed E-state index contributed by atoms with van der Waals surface area (Å²) >= 11 is 0. The van der Waals surface area contributed by atoms with Crippen LogP contribution in [0.2, 0.25) is 0 Å². The van der Waals surface area contributed by atoms with Gasteiger partial charge in [0.2, 0.25) is 5.95 Å². The largest absolute Gasteiger partial charge is 0.351 e. The number of rotatable bonds is 4. The third-order valence-corrected chi connectivity index (χ3v) is 4.37. The lowest BCUT2D eigenvalue weighted by Gasteiger charge is -2.16. The molecule has 0 fully saturated rings. The van der Waals surface area contributed by atoms with E-state index in [1.165, 1.54) is 13.8 Å². The van der Waals surface area contributed by atoms with Gasteiger partial charge in [0, 0.05) is 42.2 Å². The van der Waals surface area contributed by atoms with Crippen molar-refractivity contribution in [1.82, 2.24) is 29.9 Å². The minimum absolute atomic E-state index is 0.151. The highest BCUT2D eigenvalue weighted by molar-refractivity contribution is 5.80. The van der Waals surface area contributed by atoms with Gasteiger partial charge in [0.25, 0.3) is 0 Å². The molecule has 0 bridgehead atoms. The number of aromatic nitrogens is 5. The lowest BCUT2D eigenvalue weighted by atomic mass is 10.0. The molecule has 27 heavy (non-hydrogen) atoms. The summed E-state index contributed by atoms with van der Waals surface area (Å²) in [6, 6.07) is 3.95. The minimum atomic E-state index is -1.33. The molecule has 0 aliphatic carbocycles.